The van der Waals surface area contributed by atoms with Crippen molar-refractivity contribution in [3.05, 3.63) is 65.7 Å². The average Bonchev–Trinajstić information content (AvgIpc) is 2.78. The van der Waals surface area contributed by atoms with E-state index < -0.39 is 0 Å². The number of amides is 1. The molecule has 0 aliphatic heterocycles. The van der Waals surface area contributed by atoms with Crippen molar-refractivity contribution in [2.45, 2.75) is 44.6 Å². The SMILES string of the molecule is COc1ccc(C(=O)NC(C)C2CCC(c3ccnc4ccc(F)cc34)CC2)cn1. The molecule has 1 unspecified atom stereocenters. The standard InChI is InChI=1S/C24H26FN3O2/c1-15(28-24(29)18-7-10-23(30-2)27-14-18)16-3-5-17(6-4-16)20-11-12-26-22-9-8-19(25)13-21(20)22/h7-17H,3-6H2,1-2H3,(H,28,29). The summed E-state index contributed by atoms with van der Waals surface area (Å²) in [5, 5.41) is 4.03. The van der Waals surface area contributed by atoms with Gasteiger partial charge in [-0.05, 0) is 80.3 Å². The van der Waals surface area contributed by atoms with Crippen LogP contribution in [0.25, 0.3) is 10.9 Å². The van der Waals surface area contributed by atoms with Gasteiger partial charge in [-0.15, -0.1) is 0 Å². The highest BCUT2D eigenvalue weighted by Crippen LogP contribution is 2.39. The highest BCUT2D eigenvalue weighted by molar-refractivity contribution is 5.94. The summed E-state index contributed by atoms with van der Waals surface area (Å²) in [5.41, 5.74) is 2.55. The number of ether oxygens (including phenoxy) is 1. The number of hydrogen-bond donors (Lipinski definition) is 1. The molecule has 0 spiro atoms. The summed E-state index contributed by atoms with van der Waals surface area (Å²) in [4.78, 5) is 21.0. The number of hydrogen-bond acceptors (Lipinski definition) is 4. The predicted molar refractivity (Wildman–Crippen MR) is 114 cm³/mol. The van der Waals surface area contributed by atoms with Crippen molar-refractivity contribution in [1.82, 2.24) is 15.3 Å². The summed E-state index contributed by atoms with van der Waals surface area (Å²) in [6.45, 7) is 2.07. The normalized spacial score (nSPS) is 20.0. The Morgan fingerprint density at radius 1 is 1.13 bits per heavy atom. The number of aromatic nitrogens is 2. The second-order valence-electron chi connectivity index (χ2n) is 8.02. The summed E-state index contributed by atoms with van der Waals surface area (Å²) in [6, 6.07) is 10.3. The summed E-state index contributed by atoms with van der Waals surface area (Å²) in [6.07, 6.45) is 7.42. The molecule has 0 bridgehead atoms. The van der Waals surface area contributed by atoms with Crippen LogP contribution in [-0.4, -0.2) is 29.0 Å². The molecule has 2 aromatic heterocycles. The maximum absolute atomic E-state index is 13.8. The first kappa shape index (κ1) is 20.3. The van der Waals surface area contributed by atoms with E-state index in [1.807, 2.05) is 12.3 Å². The van der Waals surface area contributed by atoms with Crippen molar-refractivity contribution < 1.29 is 13.9 Å². The maximum atomic E-state index is 13.8. The van der Waals surface area contributed by atoms with Gasteiger partial charge in [0.25, 0.3) is 5.91 Å². The molecule has 156 valence electrons. The number of carbonyl (C=O) groups is 1. The molecule has 6 heteroatoms. The zero-order chi connectivity index (χ0) is 21.1. The molecule has 1 amide bonds. The Morgan fingerprint density at radius 2 is 1.93 bits per heavy atom. The third-order valence-corrected chi connectivity index (χ3v) is 6.22. The molecule has 0 saturated heterocycles. The molecule has 1 aliphatic carbocycles. The Kier molecular flexibility index (Phi) is 5.93. The van der Waals surface area contributed by atoms with Crippen molar-refractivity contribution >= 4 is 16.8 Å². The first-order chi connectivity index (χ1) is 14.5. The maximum Gasteiger partial charge on any atom is 0.253 e. The monoisotopic (exact) mass is 407 g/mol. The largest absolute Gasteiger partial charge is 0.481 e. The zero-order valence-electron chi connectivity index (χ0n) is 17.3. The van der Waals surface area contributed by atoms with E-state index in [1.54, 1.807) is 31.4 Å². The Labute approximate surface area is 175 Å². The van der Waals surface area contributed by atoms with Gasteiger partial charge in [0, 0.05) is 29.9 Å². The van der Waals surface area contributed by atoms with Crippen LogP contribution in [0.2, 0.25) is 0 Å². The van der Waals surface area contributed by atoms with Crippen molar-refractivity contribution in [3.63, 3.8) is 0 Å². The van der Waals surface area contributed by atoms with Crippen LogP contribution in [0.5, 0.6) is 5.88 Å². The number of methoxy groups -OCH3 is 1. The van der Waals surface area contributed by atoms with Gasteiger partial charge in [-0.3, -0.25) is 9.78 Å². The van der Waals surface area contributed by atoms with E-state index in [0.717, 1.165) is 36.6 Å². The van der Waals surface area contributed by atoms with Crippen LogP contribution in [0.1, 0.15) is 54.4 Å². The molecular weight excluding hydrogens is 381 g/mol. The number of nitrogens with zero attached hydrogens (tertiary/aromatic N) is 2. The smallest absolute Gasteiger partial charge is 0.253 e. The molecule has 0 radical (unpaired) electrons. The van der Waals surface area contributed by atoms with Crippen LogP contribution in [0, 0.1) is 11.7 Å². The molecule has 1 aliphatic rings. The van der Waals surface area contributed by atoms with Crippen molar-refractivity contribution in [1.29, 1.82) is 0 Å². The predicted octanol–water partition coefficient (Wildman–Crippen LogP) is 4.87. The van der Waals surface area contributed by atoms with Crippen LogP contribution in [0.3, 0.4) is 0 Å². The molecule has 1 aromatic carbocycles. The highest BCUT2D eigenvalue weighted by Gasteiger charge is 2.28. The third-order valence-electron chi connectivity index (χ3n) is 6.22. The summed E-state index contributed by atoms with van der Waals surface area (Å²) >= 11 is 0. The first-order valence-electron chi connectivity index (χ1n) is 10.4. The van der Waals surface area contributed by atoms with Gasteiger partial charge in [-0.1, -0.05) is 0 Å². The lowest BCUT2D eigenvalue weighted by Crippen LogP contribution is -2.39. The fourth-order valence-corrected chi connectivity index (χ4v) is 4.47. The summed E-state index contributed by atoms with van der Waals surface area (Å²) in [5.74, 6) is 0.954. The van der Waals surface area contributed by atoms with Crippen LogP contribution in [0.15, 0.2) is 48.8 Å². The third kappa shape index (κ3) is 4.27. The van der Waals surface area contributed by atoms with Gasteiger partial charge >= 0.3 is 0 Å². The quantitative estimate of drug-likeness (QED) is 0.655. The zero-order valence-corrected chi connectivity index (χ0v) is 17.3. The number of carbonyl (C=O) groups excluding carboxylic acids is 1. The lowest BCUT2D eigenvalue weighted by Gasteiger charge is -2.33. The van der Waals surface area contributed by atoms with E-state index in [-0.39, 0.29) is 17.8 Å². The molecule has 30 heavy (non-hydrogen) atoms. The highest BCUT2D eigenvalue weighted by atomic mass is 19.1. The van der Waals surface area contributed by atoms with Gasteiger partial charge in [0.05, 0.1) is 18.2 Å². The second-order valence-corrected chi connectivity index (χ2v) is 8.02. The van der Waals surface area contributed by atoms with Crippen molar-refractivity contribution in [3.8, 4) is 5.88 Å². The van der Waals surface area contributed by atoms with Gasteiger partial charge < -0.3 is 10.1 Å². The number of nitrogens with one attached hydrogen (secondary N) is 1. The fraction of sp³-hybridized carbons (Fsp3) is 0.375. The van der Waals surface area contributed by atoms with E-state index >= 15 is 0 Å². The minimum Gasteiger partial charge on any atom is -0.481 e. The van der Waals surface area contributed by atoms with E-state index in [0.29, 0.717) is 23.3 Å². The summed E-state index contributed by atoms with van der Waals surface area (Å²) < 4.78 is 18.8. The molecule has 1 saturated carbocycles. The van der Waals surface area contributed by atoms with Gasteiger partial charge in [0.15, 0.2) is 0 Å². The molecule has 1 atom stereocenters. The Morgan fingerprint density at radius 3 is 2.63 bits per heavy atom. The molecule has 4 rings (SSSR count). The number of rotatable bonds is 5. The number of fused-ring (bicyclic) bond motifs is 1. The van der Waals surface area contributed by atoms with Crippen molar-refractivity contribution in [2.24, 2.45) is 5.92 Å². The van der Waals surface area contributed by atoms with Crippen LogP contribution in [0.4, 0.5) is 4.39 Å². The Bertz CT molecular complexity index is 1030. The van der Waals surface area contributed by atoms with Crippen LogP contribution in [-0.2, 0) is 0 Å². The average molecular weight is 407 g/mol. The fourth-order valence-electron chi connectivity index (χ4n) is 4.47. The number of benzene rings is 1. The van der Waals surface area contributed by atoms with Gasteiger partial charge in [0.1, 0.15) is 5.82 Å². The van der Waals surface area contributed by atoms with Gasteiger partial charge in [-0.2, -0.15) is 0 Å². The Hall–Kier alpha value is -3.02. The molecule has 5 nitrogen and oxygen atoms in total. The lowest BCUT2D eigenvalue weighted by molar-refractivity contribution is 0.0917. The van der Waals surface area contributed by atoms with Crippen LogP contribution >= 0.6 is 0 Å². The minimum atomic E-state index is -0.227. The van der Waals surface area contributed by atoms with E-state index in [9.17, 15) is 9.18 Å². The molecule has 1 N–H and O–H groups in total. The molecule has 3 aromatic rings. The first-order valence-corrected chi connectivity index (χ1v) is 10.4. The van der Waals surface area contributed by atoms with E-state index in [4.69, 9.17) is 4.74 Å². The number of halogens is 1. The number of pyridine rings is 2. The van der Waals surface area contributed by atoms with E-state index in [1.165, 1.54) is 17.8 Å². The molecular formula is C24H26FN3O2. The van der Waals surface area contributed by atoms with Crippen molar-refractivity contribution in [2.75, 3.05) is 7.11 Å². The second kappa shape index (κ2) is 8.78. The van der Waals surface area contributed by atoms with E-state index in [2.05, 4.69) is 22.2 Å². The topological polar surface area (TPSA) is 64.1 Å². The molecule has 1 fully saturated rings. The van der Waals surface area contributed by atoms with Gasteiger partial charge in [-0.25, -0.2) is 9.37 Å². The van der Waals surface area contributed by atoms with Crippen LogP contribution < -0.4 is 10.1 Å². The van der Waals surface area contributed by atoms with Gasteiger partial charge in [0.2, 0.25) is 5.88 Å². The lowest BCUT2D eigenvalue weighted by atomic mass is 9.75. The Balaban J connectivity index is 1.38. The molecule has 2 heterocycles. The minimum absolute atomic E-state index is 0.0761. The summed E-state index contributed by atoms with van der Waals surface area (Å²) in [7, 11) is 1.55.